The predicted molar refractivity (Wildman–Crippen MR) is 115 cm³/mol. The Labute approximate surface area is 168 Å². The van der Waals surface area contributed by atoms with E-state index in [4.69, 9.17) is 21.6 Å². The van der Waals surface area contributed by atoms with Crippen molar-refractivity contribution in [2.45, 2.75) is 77.4 Å². The normalized spacial score (nSPS) is 19.3. The molecule has 5 heteroatoms. The molecular formula is C22H31ClN4. The summed E-state index contributed by atoms with van der Waals surface area (Å²) in [7, 11) is 0. The van der Waals surface area contributed by atoms with Crippen LogP contribution in [0.5, 0.6) is 0 Å². The molecule has 2 heterocycles. The predicted octanol–water partition coefficient (Wildman–Crippen LogP) is 5.64. The van der Waals surface area contributed by atoms with E-state index in [0.717, 1.165) is 40.8 Å². The Bertz CT molecular complexity index is 780. The molecule has 27 heavy (non-hydrogen) atoms. The van der Waals surface area contributed by atoms with Gasteiger partial charge in [0, 0.05) is 39.5 Å². The van der Waals surface area contributed by atoms with Gasteiger partial charge in [-0.25, -0.2) is 9.97 Å². The molecule has 0 saturated carbocycles. The maximum Gasteiger partial charge on any atom is 0.161 e. The quantitative estimate of drug-likeness (QED) is 0.713. The van der Waals surface area contributed by atoms with Gasteiger partial charge >= 0.3 is 0 Å². The summed E-state index contributed by atoms with van der Waals surface area (Å²) in [6.07, 6.45) is 2.10. The molecule has 146 valence electrons. The van der Waals surface area contributed by atoms with Crippen molar-refractivity contribution in [1.29, 1.82) is 0 Å². The summed E-state index contributed by atoms with van der Waals surface area (Å²) in [5.41, 5.74) is 2.21. The summed E-state index contributed by atoms with van der Waals surface area (Å²) >= 11 is 6.04. The second-order valence-corrected chi connectivity index (χ2v) is 9.74. The summed E-state index contributed by atoms with van der Waals surface area (Å²) in [4.78, 5) is 9.60. The third-order valence-electron chi connectivity index (χ3n) is 4.98. The minimum atomic E-state index is 0.0896. The topological polar surface area (TPSA) is 49.8 Å². The van der Waals surface area contributed by atoms with Gasteiger partial charge in [0.1, 0.15) is 5.82 Å². The van der Waals surface area contributed by atoms with Crippen LogP contribution in [0, 0.1) is 0 Å². The van der Waals surface area contributed by atoms with E-state index in [2.05, 4.69) is 58.2 Å². The third-order valence-corrected chi connectivity index (χ3v) is 5.23. The van der Waals surface area contributed by atoms with Crippen molar-refractivity contribution in [3.05, 3.63) is 41.0 Å². The molecule has 0 spiro atoms. The van der Waals surface area contributed by atoms with E-state index in [-0.39, 0.29) is 11.1 Å². The number of piperidine rings is 1. The van der Waals surface area contributed by atoms with Gasteiger partial charge in [0.15, 0.2) is 5.82 Å². The van der Waals surface area contributed by atoms with Gasteiger partial charge in [0.25, 0.3) is 0 Å². The lowest BCUT2D eigenvalue weighted by Crippen LogP contribution is -2.60. The van der Waals surface area contributed by atoms with Crippen LogP contribution in [-0.2, 0) is 0 Å². The lowest BCUT2D eigenvalue weighted by molar-refractivity contribution is 0.170. The molecule has 1 fully saturated rings. The highest BCUT2D eigenvalue weighted by Crippen LogP contribution is 2.31. The molecule has 0 atom stereocenters. The zero-order chi connectivity index (χ0) is 19.8. The first-order valence-electron chi connectivity index (χ1n) is 9.74. The Kier molecular flexibility index (Phi) is 5.51. The highest BCUT2D eigenvalue weighted by atomic mass is 35.5. The number of rotatable bonds is 4. The first-order valence-corrected chi connectivity index (χ1v) is 10.1. The number of aromatic nitrogens is 2. The molecule has 1 saturated heterocycles. The lowest BCUT2D eigenvalue weighted by Gasteiger charge is -2.46. The highest BCUT2D eigenvalue weighted by Gasteiger charge is 2.37. The minimum Gasteiger partial charge on any atom is -0.367 e. The molecular weight excluding hydrogens is 356 g/mol. The molecule has 1 aromatic carbocycles. The number of halogens is 1. The molecule has 1 aliphatic heterocycles. The van der Waals surface area contributed by atoms with Crippen molar-refractivity contribution >= 4 is 17.4 Å². The van der Waals surface area contributed by atoms with Crippen LogP contribution in [-0.4, -0.2) is 27.1 Å². The van der Waals surface area contributed by atoms with Crippen molar-refractivity contribution in [2.75, 3.05) is 5.32 Å². The van der Waals surface area contributed by atoms with E-state index >= 15 is 0 Å². The smallest absolute Gasteiger partial charge is 0.161 e. The Morgan fingerprint density at radius 2 is 1.63 bits per heavy atom. The zero-order valence-corrected chi connectivity index (χ0v) is 18.0. The van der Waals surface area contributed by atoms with Crippen LogP contribution in [0.25, 0.3) is 11.4 Å². The fraction of sp³-hybridized carbons (Fsp3) is 0.545. The average Bonchev–Trinajstić information content (AvgIpc) is 2.52. The van der Waals surface area contributed by atoms with Gasteiger partial charge in [-0.1, -0.05) is 25.4 Å². The zero-order valence-electron chi connectivity index (χ0n) is 17.2. The summed E-state index contributed by atoms with van der Waals surface area (Å²) in [5, 5.41) is 8.15. The number of anilines is 1. The van der Waals surface area contributed by atoms with Crippen LogP contribution in [0.15, 0.2) is 30.3 Å². The van der Waals surface area contributed by atoms with Crippen molar-refractivity contribution in [2.24, 2.45) is 0 Å². The molecule has 0 unspecified atom stereocenters. The van der Waals surface area contributed by atoms with E-state index in [1.165, 1.54) is 0 Å². The molecule has 4 nitrogen and oxygen atoms in total. The van der Waals surface area contributed by atoms with E-state index in [1.807, 2.05) is 24.3 Å². The fourth-order valence-electron chi connectivity index (χ4n) is 4.20. The Morgan fingerprint density at radius 1 is 1.04 bits per heavy atom. The summed E-state index contributed by atoms with van der Waals surface area (Å²) in [5.74, 6) is 1.98. The van der Waals surface area contributed by atoms with Crippen LogP contribution < -0.4 is 10.6 Å². The SMILES string of the molecule is CC(C)c1cc(NC2CC(C)(C)NC(C)(C)C2)nc(-c2ccc(Cl)cc2)n1. The summed E-state index contributed by atoms with van der Waals surface area (Å²) in [6, 6.07) is 10.2. The molecule has 1 aromatic heterocycles. The monoisotopic (exact) mass is 386 g/mol. The Balaban J connectivity index is 1.91. The second-order valence-electron chi connectivity index (χ2n) is 9.31. The Hall–Kier alpha value is -1.65. The maximum atomic E-state index is 6.04. The number of nitrogens with one attached hydrogen (secondary N) is 2. The lowest BCUT2D eigenvalue weighted by atomic mass is 9.79. The van der Waals surface area contributed by atoms with Gasteiger partial charge < -0.3 is 10.6 Å². The largest absolute Gasteiger partial charge is 0.367 e. The molecule has 2 aromatic rings. The van der Waals surface area contributed by atoms with E-state index in [9.17, 15) is 0 Å². The standard InChI is InChI=1S/C22H31ClN4/c1-14(2)18-11-19(24-17-12-21(3,4)27-22(5,6)13-17)26-20(25-18)15-7-9-16(23)10-8-15/h7-11,14,17,27H,12-13H2,1-6H3,(H,24,25,26). The van der Waals surface area contributed by atoms with Crippen LogP contribution in [0.4, 0.5) is 5.82 Å². The van der Waals surface area contributed by atoms with Gasteiger partial charge in [0.2, 0.25) is 0 Å². The van der Waals surface area contributed by atoms with Crippen LogP contribution in [0.1, 0.15) is 66.0 Å². The highest BCUT2D eigenvalue weighted by molar-refractivity contribution is 6.30. The summed E-state index contributed by atoms with van der Waals surface area (Å²) < 4.78 is 0. The number of benzene rings is 1. The van der Waals surface area contributed by atoms with Crippen molar-refractivity contribution in [3.8, 4) is 11.4 Å². The van der Waals surface area contributed by atoms with E-state index in [0.29, 0.717) is 12.0 Å². The van der Waals surface area contributed by atoms with Crippen molar-refractivity contribution < 1.29 is 0 Å². The average molecular weight is 387 g/mol. The van der Waals surface area contributed by atoms with Crippen LogP contribution >= 0.6 is 11.6 Å². The number of hydrogen-bond donors (Lipinski definition) is 2. The Morgan fingerprint density at radius 3 is 2.19 bits per heavy atom. The van der Waals surface area contributed by atoms with E-state index in [1.54, 1.807) is 0 Å². The molecule has 0 amide bonds. The number of hydrogen-bond acceptors (Lipinski definition) is 4. The van der Waals surface area contributed by atoms with Gasteiger partial charge in [-0.3, -0.25) is 0 Å². The minimum absolute atomic E-state index is 0.0896. The molecule has 3 rings (SSSR count). The van der Waals surface area contributed by atoms with Gasteiger partial charge in [-0.15, -0.1) is 0 Å². The molecule has 2 N–H and O–H groups in total. The number of nitrogens with zero attached hydrogens (tertiary/aromatic N) is 2. The first kappa shape index (κ1) is 20.1. The van der Waals surface area contributed by atoms with Crippen LogP contribution in [0.2, 0.25) is 5.02 Å². The molecule has 0 radical (unpaired) electrons. The summed E-state index contributed by atoms with van der Waals surface area (Å²) in [6.45, 7) is 13.4. The molecule has 0 aliphatic carbocycles. The van der Waals surface area contributed by atoms with Crippen molar-refractivity contribution in [3.63, 3.8) is 0 Å². The maximum absolute atomic E-state index is 6.04. The van der Waals surface area contributed by atoms with Crippen molar-refractivity contribution in [1.82, 2.24) is 15.3 Å². The van der Waals surface area contributed by atoms with E-state index < -0.39 is 0 Å². The third kappa shape index (κ3) is 5.20. The molecule has 1 aliphatic rings. The fourth-order valence-corrected chi connectivity index (χ4v) is 4.32. The van der Waals surface area contributed by atoms with Crippen LogP contribution in [0.3, 0.4) is 0 Å². The van der Waals surface area contributed by atoms with Gasteiger partial charge in [-0.2, -0.15) is 0 Å². The molecule has 0 bridgehead atoms. The van der Waals surface area contributed by atoms with Gasteiger partial charge in [-0.05, 0) is 70.7 Å². The first-order chi connectivity index (χ1) is 12.5. The van der Waals surface area contributed by atoms with Gasteiger partial charge in [0.05, 0.1) is 0 Å². The second kappa shape index (κ2) is 7.40.